The molecule has 2 bridgehead atoms. The number of aromatic nitrogens is 2. The van der Waals surface area contributed by atoms with Crippen LogP contribution < -0.4 is 9.64 Å². The van der Waals surface area contributed by atoms with Crippen molar-refractivity contribution in [1.82, 2.24) is 9.97 Å². The second kappa shape index (κ2) is 4.46. The van der Waals surface area contributed by atoms with Gasteiger partial charge in [0.15, 0.2) is 0 Å². The van der Waals surface area contributed by atoms with Crippen LogP contribution in [0.3, 0.4) is 0 Å². The van der Waals surface area contributed by atoms with Crippen LogP contribution in [0.2, 0.25) is 0 Å². The summed E-state index contributed by atoms with van der Waals surface area (Å²) in [5.41, 5.74) is -0.408. The fourth-order valence-corrected chi connectivity index (χ4v) is 3.11. The first-order chi connectivity index (χ1) is 8.65. The number of hydrogen-bond acceptors (Lipinski definition) is 6. The van der Waals surface area contributed by atoms with Crippen molar-refractivity contribution in [2.45, 2.75) is 18.1 Å². The van der Waals surface area contributed by atoms with E-state index in [9.17, 15) is 5.11 Å². The number of ether oxygens (including phenoxy) is 2. The Morgan fingerprint density at radius 3 is 3.17 bits per heavy atom. The molecule has 1 aromatic rings. The summed E-state index contributed by atoms with van der Waals surface area (Å²) in [6.07, 6.45) is 0.854. The van der Waals surface area contributed by atoms with Crippen LogP contribution in [0.15, 0.2) is 6.07 Å². The topological polar surface area (TPSA) is 67.7 Å². The van der Waals surface area contributed by atoms with Crippen LogP contribution in [0.1, 0.15) is 6.42 Å². The van der Waals surface area contributed by atoms with Crippen molar-refractivity contribution in [3.8, 4) is 6.01 Å². The molecule has 3 rings (SSSR count). The average molecular weight is 363 g/mol. The second-order valence-electron chi connectivity index (χ2n) is 4.67. The number of anilines is 1. The van der Waals surface area contributed by atoms with Gasteiger partial charge in [0.1, 0.15) is 15.1 Å². The van der Waals surface area contributed by atoms with E-state index >= 15 is 0 Å². The van der Waals surface area contributed by atoms with Crippen molar-refractivity contribution < 1.29 is 14.6 Å². The van der Waals surface area contributed by atoms with Crippen LogP contribution in [0.25, 0.3) is 0 Å². The first kappa shape index (κ1) is 12.4. The highest BCUT2D eigenvalue weighted by atomic mass is 127. The summed E-state index contributed by atoms with van der Waals surface area (Å²) in [6, 6.07) is 2.58. The molecule has 2 aliphatic heterocycles. The van der Waals surface area contributed by atoms with Crippen LogP contribution in [-0.4, -0.2) is 53.6 Å². The Kier molecular flexibility index (Phi) is 3.07. The van der Waals surface area contributed by atoms with Gasteiger partial charge in [-0.25, -0.2) is 0 Å². The van der Waals surface area contributed by atoms with Crippen molar-refractivity contribution in [2.24, 2.45) is 0 Å². The minimum atomic E-state index is -0.408. The van der Waals surface area contributed by atoms with E-state index in [1.165, 1.54) is 0 Å². The lowest BCUT2D eigenvalue weighted by Gasteiger charge is -2.32. The zero-order chi connectivity index (χ0) is 12.8. The summed E-state index contributed by atoms with van der Waals surface area (Å²) >= 11 is 2.15. The van der Waals surface area contributed by atoms with E-state index in [1.807, 2.05) is 6.07 Å². The predicted molar refractivity (Wildman–Crippen MR) is 72.8 cm³/mol. The Morgan fingerprint density at radius 1 is 1.67 bits per heavy atom. The van der Waals surface area contributed by atoms with Crippen LogP contribution in [0.5, 0.6) is 6.01 Å². The third kappa shape index (κ3) is 1.94. The molecule has 0 radical (unpaired) electrons. The maximum atomic E-state index is 9.45. The molecule has 3 heterocycles. The summed E-state index contributed by atoms with van der Waals surface area (Å²) in [5, 5.41) is 9.45. The molecule has 0 spiro atoms. The highest BCUT2D eigenvalue weighted by Gasteiger charge is 2.51. The molecule has 2 saturated heterocycles. The van der Waals surface area contributed by atoms with Gasteiger partial charge in [0, 0.05) is 12.5 Å². The standard InChI is InChI=1S/C11H14IN3O3/c1-17-10-13-8(12)2-9(14-10)15-5-11(6-16)3-7(15)4-18-11/h2,7,16H,3-6H2,1H3. The zero-order valence-electron chi connectivity index (χ0n) is 9.97. The van der Waals surface area contributed by atoms with Crippen LogP contribution in [0.4, 0.5) is 5.82 Å². The average Bonchev–Trinajstić information content (AvgIpc) is 2.96. The van der Waals surface area contributed by atoms with E-state index in [0.29, 0.717) is 19.2 Å². The molecule has 0 saturated carbocycles. The third-order valence-electron chi connectivity index (χ3n) is 3.51. The number of hydrogen-bond donors (Lipinski definition) is 1. The fourth-order valence-electron chi connectivity index (χ4n) is 2.62. The molecule has 2 fully saturated rings. The molecule has 2 unspecified atom stereocenters. The Bertz CT molecular complexity index is 473. The molecule has 7 heteroatoms. The quantitative estimate of drug-likeness (QED) is 0.621. The molecule has 0 amide bonds. The van der Waals surface area contributed by atoms with Gasteiger partial charge >= 0.3 is 6.01 Å². The van der Waals surface area contributed by atoms with Gasteiger partial charge in [-0.2, -0.15) is 9.97 Å². The number of methoxy groups -OCH3 is 1. The molecule has 0 aromatic carbocycles. The van der Waals surface area contributed by atoms with Crippen LogP contribution in [0, 0.1) is 3.70 Å². The predicted octanol–water partition coefficient (Wildman–Crippen LogP) is 0.430. The van der Waals surface area contributed by atoms with E-state index in [1.54, 1.807) is 7.11 Å². The van der Waals surface area contributed by atoms with E-state index in [4.69, 9.17) is 9.47 Å². The smallest absolute Gasteiger partial charge is 0.319 e. The Balaban J connectivity index is 1.90. The Morgan fingerprint density at radius 2 is 2.50 bits per heavy atom. The molecule has 18 heavy (non-hydrogen) atoms. The number of aliphatic hydroxyl groups is 1. The maximum Gasteiger partial charge on any atom is 0.319 e. The number of halogens is 1. The van der Waals surface area contributed by atoms with Crippen molar-refractivity contribution in [1.29, 1.82) is 0 Å². The molecule has 0 aliphatic carbocycles. The summed E-state index contributed by atoms with van der Waals surface area (Å²) in [6.45, 7) is 1.37. The van der Waals surface area contributed by atoms with Gasteiger partial charge in [-0.3, -0.25) is 0 Å². The van der Waals surface area contributed by atoms with Gasteiger partial charge < -0.3 is 19.5 Å². The number of nitrogens with zero attached hydrogens (tertiary/aromatic N) is 3. The SMILES string of the molecule is COc1nc(I)cc(N2CC3(CO)CC2CO3)n1. The molecule has 98 valence electrons. The summed E-state index contributed by atoms with van der Waals surface area (Å²) < 4.78 is 11.6. The number of fused-ring (bicyclic) bond motifs is 2. The minimum Gasteiger partial charge on any atom is -0.467 e. The summed E-state index contributed by atoms with van der Waals surface area (Å²) in [4.78, 5) is 10.7. The van der Waals surface area contributed by atoms with Gasteiger partial charge in [-0.15, -0.1) is 0 Å². The Labute approximate surface area is 118 Å². The number of aliphatic hydroxyl groups excluding tert-OH is 1. The molecule has 6 nitrogen and oxygen atoms in total. The fraction of sp³-hybridized carbons (Fsp3) is 0.636. The van der Waals surface area contributed by atoms with Crippen molar-refractivity contribution in [3.05, 3.63) is 9.77 Å². The monoisotopic (exact) mass is 363 g/mol. The van der Waals surface area contributed by atoms with Gasteiger partial charge in [-0.1, -0.05) is 0 Å². The van der Waals surface area contributed by atoms with Crippen LogP contribution in [-0.2, 0) is 4.74 Å². The lowest BCUT2D eigenvalue weighted by atomic mass is 10.1. The van der Waals surface area contributed by atoms with E-state index in [-0.39, 0.29) is 12.6 Å². The molecule has 2 atom stereocenters. The van der Waals surface area contributed by atoms with E-state index in [2.05, 4.69) is 37.5 Å². The highest BCUT2D eigenvalue weighted by Crippen LogP contribution is 2.39. The number of rotatable bonds is 3. The highest BCUT2D eigenvalue weighted by molar-refractivity contribution is 14.1. The first-order valence-corrected chi connectivity index (χ1v) is 6.84. The van der Waals surface area contributed by atoms with Gasteiger partial charge in [0.25, 0.3) is 0 Å². The van der Waals surface area contributed by atoms with Crippen molar-refractivity contribution in [2.75, 3.05) is 31.8 Å². The Hall–Kier alpha value is -0.670. The summed E-state index contributed by atoms with van der Waals surface area (Å²) in [7, 11) is 1.56. The number of morpholine rings is 1. The zero-order valence-corrected chi connectivity index (χ0v) is 12.1. The van der Waals surface area contributed by atoms with Crippen molar-refractivity contribution in [3.63, 3.8) is 0 Å². The van der Waals surface area contributed by atoms with Gasteiger partial charge in [0.05, 0.1) is 32.9 Å². The van der Waals surface area contributed by atoms with Gasteiger partial charge in [-0.05, 0) is 22.6 Å². The lowest BCUT2D eigenvalue weighted by molar-refractivity contribution is -0.0375. The maximum absolute atomic E-state index is 9.45. The largest absolute Gasteiger partial charge is 0.467 e. The first-order valence-electron chi connectivity index (χ1n) is 5.76. The normalized spacial score (nSPS) is 29.9. The molecule has 1 aromatic heterocycles. The molecular weight excluding hydrogens is 349 g/mol. The van der Waals surface area contributed by atoms with Crippen LogP contribution >= 0.6 is 22.6 Å². The molecular formula is C11H14IN3O3. The second-order valence-corrected chi connectivity index (χ2v) is 5.78. The van der Waals surface area contributed by atoms with Gasteiger partial charge in [0.2, 0.25) is 0 Å². The molecule has 2 aliphatic rings. The third-order valence-corrected chi connectivity index (χ3v) is 4.07. The molecule has 1 N–H and O–H groups in total. The minimum absolute atomic E-state index is 0.0549. The summed E-state index contributed by atoms with van der Waals surface area (Å²) in [5.74, 6) is 0.842. The lowest BCUT2D eigenvalue weighted by Crippen LogP contribution is -2.45. The van der Waals surface area contributed by atoms with Crippen molar-refractivity contribution >= 4 is 28.4 Å². The van der Waals surface area contributed by atoms with E-state index < -0.39 is 5.60 Å². The van der Waals surface area contributed by atoms with E-state index in [0.717, 1.165) is 15.9 Å².